The van der Waals surface area contributed by atoms with Crippen molar-refractivity contribution in [3.63, 3.8) is 0 Å². The van der Waals surface area contributed by atoms with Gasteiger partial charge in [-0.1, -0.05) is 6.92 Å². The second-order valence-corrected chi connectivity index (χ2v) is 3.28. The summed E-state index contributed by atoms with van der Waals surface area (Å²) in [6.07, 6.45) is 0.497. The van der Waals surface area contributed by atoms with Crippen LogP contribution in [-0.2, 0) is 4.79 Å². The summed E-state index contributed by atoms with van der Waals surface area (Å²) in [5.74, 6) is -0.992. The lowest BCUT2D eigenvalue weighted by Gasteiger charge is -2.12. The van der Waals surface area contributed by atoms with Crippen LogP contribution < -0.4 is 4.74 Å². The summed E-state index contributed by atoms with van der Waals surface area (Å²) in [5, 5.41) is 10.5. The summed E-state index contributed by atoms with van der Waals surface area (Å²) in [6, 6.07) is 3.15. The van der Waals surface area contributed by atoms with Crippen LogP contribution in [0.5, 0.6) is 5.75 Å². The van der Waals surface area contributed by atoms with Gasteiger partial charge in [-0.25, -0.2) is 0 Å². The smallest absolute Gasteiger partial charge is 0.387 e. The summed E-state index contributed by atoms with van der Waals surface area (Å²) >= 11 is 0. The predicted molar refractivity (Wildman–Crippen MR) is 54.2 cm³/mol. The van der Waals surface area contributed by atoms with Gasteiger partial charge in [0.1, 0.15) is 12.0 Å². The van der Waals surface area contributed by atoms with Gasteiger partial charge in [-0.15, -0.1) is 0 Å². The average Bonchev–Trinajstić information content (AvgIpc) is 2.27. The van der Waals surface area contributed by atoms with E-state index in [4.69, 9.17) is 0 Å². The Morgan fingerprint density at radius 1 is 1.47 bits per heavy atom. The molecule has 0 bridgehead atoms. The molecule has 7 heteroatoms. The van der Waals surface area contributed by atoms with Crippen molar-refractivity contribution in [1.82, 2.24) is 0 Å². The highest BCUT2D eigenvalue weighted by Gasteiger charge is 2.18. The number of rotatable bonds is 5. The molecule has 1 aromatic carbocycles. The molecule has 0 N–H and O–H groups in total. The second kappa shape index (κ2) is 5.33. The van der Waals surface area contributed by atoms with Crippen LogP contribution in [0.25, 0.3) is 0 Å². The first-order valence-corrected chi connectivity index (χ1v) is 4.64. The van der Waals surface area contributed by atoms with E-state index in [1.807, 2.05) is 0 Å². The SMILES string of the molecule is CC(C=O)c1cc([N+](=O)[O-])ccc1OC(F)F. The number of benzene rings is 1. The zero-order chi connectivity index (χ0) is 13.0. The molecule has 0 fully saturated rings. The van der Waals surface area contributed by atoms with Crippen molar-refractivity contribution in [3.8, 4) is 5.75 Å². The van der Waals surface area contributed by atoms with Crippen molar-refractivity contribution in [2.75, 3.05) is 0 Å². The van der Waals surface area contributed by atoms with Crippen LogP contribution in [-0.4, -0.2) is 17.8 Å². The number of halogens is 2. The summed E-state index contributed by atoms with van der Waals surface area (Å²) in [4.78, 5) is 20.5. The molecule has 1 atom stereocenters. The Morgan fingerprint density at radius 3 is 2.59 bits per heavy atom. The topological polar surface area (TPSA) is 69.4 Å². The van der Waals surface area contributed by atoms with E-state index in [9.17, 15) is 23.7 Å². The van der Waals surface area contributed by atoms with Gasteiger partial charge in [0.15, 0.2) is 0 Å². The zero-order valence-electron chi connectivity index (χ0n) is 8.80. The molecule has 1 aromatic rings. The number of nitro groups is 1. The van der Waals surface area contributed by atoms with E-state index >= 15 is 0 Å². The molecule has 0 heterocycles. The fourth-order valence-electron chi connectivity index (χ4n) is 1.28. The summed E-state index contributed by atoms with van der Waals surface area (Å²) in [7, 11) is 0. The number of hydrogen-bond acceptors (Lipinski definition) is 4. The number of nitrogens with zero attached hydrogens (tertiary/aromatic N) is 1. The molecule has 17 heavy (non-hydrogen) atoms. The van der Waals surface area contributed by atoms with E-state index in [-0.39, 0.29) is 17.0 Å². The quantitative estimate of drug-likeness (QED) is 0.454. The Kier molecular flexibility index (Phi) is 4.08. The maximum absolute atomic E-state index is 12.1. The Morgan fingerprint density at radius 2 is 2.12 bits per heavy atom. The Balaban J connectivity index is 3.20. The van der Waals surface area contributed by atoms with Crippen molar-refractivity contribution < 1.29 is 23.2 Å². The highest BCUT2D eigenvalue weighted by atomic mass is 19.3. The molecule has 0 radical (unpaired) electrons. The lowest BCUT2D eigenvalue weighted by atomic mass is 10.0. The van der Waals surface area contributed by atoms with Crippen molar-refractivity contribution in [3.05, 3.63) is 33.9 Å². The number of nitro benzene ring substituents is 1. The van der Waals surface area contributed by atoms with Gasteiger partial charge < -0.3 is 9.53 Å². The van der Waals surface area contributed by atoms with E-state index in [0.29, 0.717) is 6.29 Å². The maximum Gasteiger partial charge on any atom is 0.387 e. The van der Waals surface area contributed by atoms with Crippen LogP contribution in [0.1, 0.15) is 18.4 Å². The minimum Gasteiger partial charge on any atom is -0.435 e. The number of hydrogen-bond donors (Lipinski definition) is 0. The third-order valence-electron chi connectivity index (χ3n) is 2.11. The van der Waals surface area contributed by atoms with E-state index in [1.54, 1.807) is 0 Å². The first kappa shape index (κ1) is 13.0. The molecule has 0 aliphatic carbocycles. The number of carbonyl (C=O) groups is 1. The minimum atomic E-state index is -3.05. The summed E-state index contributed by atoms with van der Waals surface area (Å²) in [5.41, 5.74) is -0.218. The fourth-order valence-corrected chi connectivity index (χ4v) is 1.28. The number of carbonyl (C=O) groups excluding carboxylic acids is 1. The van der Waals surface area contributed by atoms with Crippen LogP contribution in [0.15, 0.2) is 18.2 Å². The van der Waals surface area contributed by atoms with Crippen LogP contribution >= 0.6 is 0 Å². The second-order valence-electron chi connectivity index (χ2n) is 3.28. The first-order chi connectivity index (χ1) is 7.95. The lowest BCUT2D eigenvalue weighted by Crippen LogP contribution is -2.07. The molecule has 0 aliphatic heterocycles. The van der Waals surface area contributed by atoms with E-state index in [2.05, 4.69) is 4.74 Å². The van der Waals surface area contributed by atoms with Gasteiger partial charge >= 0.3 is 6.61 Å². The molecule has 0 saturated carbocycles. The lowest BCUT2D eigenvalue weighted by molar-refractivity contribution is -0.385. The predicted octanol–water partition coefficient (Wildman–Crippen LogP) is 2.50. The molecule has 1 rings (SSSR count). The molecule has 1 unspecified atom stereocenters. The van der Waals surface area contributed by atoms with Gasteiger partial charge in [-0.3, -0.25) is 10.1 Å². The maximum atomic E-state index is 12.1. The number of alkyl halides is 2. The molecule has 92 valence electrons. The van der Waals surface area contributed by atoms with E-state index in [1.165, 1.54) is 6.92 Å². The highest BCUT2D eigenvalue weighted by Crippen LogP contribution is 2.30. The van der Waals surface area contributed by atoms with Crippen molar-refractivity contribution in [2.24, 2.45) is 0 Å². The van der Waals surface area contributed by atoms with Crippen molar-refractivity contribution in [2.45, 2.75) is 19.5 Å². The Hall–Kier alpha value is -2.05. The monoisotopic (exact) mass is 245 g/mol. The number of non-ortho nitro benzene ring substituents is 1. The number of aldehydes is 1. The Bertz CT molecular complexity index is 436. The summed E-state index contributed by atoms with van der Waals surface area (Å²) in [6.45, 7) is -1.61. The van der Waals surface area contributed by atoms with Crippen LogP contribution in [0.4, 0.5) is 14.5 Å². The standard InChI is InChI=1S/C10H9F2NO4/c1-6(5-14)8-4-7(13(15)16)2-3-9(8)17-10(11)12/h2-6,10H,1H3. The molecule has 0 aromatic heterocycles. The average molecular weight is 245 g/mol. The van der Waals surface area contributed by atoms with Gasteiger partial charge in [0.25, 0.3) is 5.69 Å². The van der Waals surface area contributed by atoms with E-state index in [0.717, 1.165) is 18.2 Å². The number of ether oxygens (including phenoxy) is 1. The first-order valence-electron chi connectivity index (χ1n) is 4.64. The molecule has 0 amide bonds. The van der Waals surface area contributed by atoms with Gasteiger partial charge in [-0.2, -0.15) is 8.78 Å². The van der Waals surface area contributed by atoms with Crippen molar-refractivity contribution >= 4 is 12.0 Å². The zero-order valence-corrected chi connectivity index (χ0v) is 8.80. The van der Waals surface area contributed by atoms with Crippen molar-refractivity contribution in [1.29, 1.82) is 0 Å². The molecular weight excluding hydrogens is 236 g/mol. The highest BCUT2D eigenvalue weighted by molar-refractivity contribution is 5.65. The largest absolute Gasteiger partial charge is 0.435 e. The van der Waals surface area contributed by atoms with Crippen LogP contribution in [0.3, 0.4) is 0 Å². The van der Waals surface area contributed by atoms with Crippen LogP contribution in [0, 0.1) is 10.1 Å². The van der Waals surface area contributed by atoms with Crippen LogP contribution in [0.2, 0.25) is 0 Å². The summed E-state index contributed by atoms with van der Waals surface area (Å²) < 4.78 is 28.4. The van der Waals surface area contributed by atoms with Gasteiger partial charge in [0.05, 0.1) is 4.92 Å². The fraction of sp³-hybridized carbons (Fsp3) is 0.300. The van der Waals surface area contributed by atoms with Gasteiger partial charge in [0, 0.05) is 23.6 Å². The Labute approximate surface area is 95.2 Å². The molecule has 5 nitrogen and oxygen atoms in total. The minimum absolute atomic E-state index is 0.0644. The molecule has 0 spiro atoms. The molecule has 0 aliphatic rings. The molecule has 0 saturated heterocycles. The normalized spacial score (nSPS) is 12.2. The third kappa shape index (κ3) is 3.20. The van der Waals surface area contributed by atoms with E-state index < -0.39 is 17.5 Å². The van der Waals surface area contributed by atoms with Gasteiger partial charge in [-0.05, 0) is 6.07 Å². The van der Waals surface area contributed by atoms with Gasteiger partial charge in [0.2, 0.25) is 0 Å². The third-order valence-corrected chi connectivity index (χ3v) is 2.11. The molecular formula is C10H9F2NO4.